The third-order valence-corrected chi connectivity index (χ3v) is 4.06. The minimum absolute atomic E-state index is 0.103. The van der Waals surface area contributed by atoms with E-state index in [1.54, 1.807) is 6.07 Å². The number of nitrogens with zero attached hydrogens (tertiary/aromatic N) is 1. The van der Waals surface area contributed by atoms with Crippen LogP contribution < -0.4 is 11.1 Å². The first-order chi connectivity index (χ1) is 9.95. The van der Waals surface area contributed by atoms with Gasteiger partial charge in [0.2, 0.25) is 11.8 Å². The minimum atomic E-state index is -0.481. The molecule has 114 valence electrons. The van der Waals surface area contributed by atoms with Crippen LogP contribution in [0.4, 0.5) is 10.1 Å². The second-order valence-corrected chi connectivity index (χ2v) is 6.04. The highest BCUT2D eigenvalue weighted by atomic mass is 79.9. The summed E-state index contributed by atoms with van der Waals surface area (Å²) in [6.07, 6.45) is 1.32. The second kappa shape index (κ2) is 7.00. The molecule has 2 amide bonds. The molecule has 1 saturated heterocycles. The fourth-order valence-electron chi connectivity index (χ4n) is 2.36. The monoisotopic (exact) mass is 357 g/mol. The molecule has 1 aliphatic rings. The first-order valence-electron chi connectivity index (χ1n) is 6.72. The molecule has 0 spiro atoms. The summed E-state index contributed by atoms with van der Waals surface area (Å²) in [5.74, 6) is -1.14. The van der Waals surface area contributed by atoms with Crippen LogP contribution >= 0.6 is 15.9 Å². The highest BCUT2D eigenvalue weighted by molar-refractivity contribution is 9.10. The highest BCUT2D eigenvalue weighted by Crippen LogP contribution is 2.20. The Labute approximate surface area is 130 Å². The SMILES string of the molecule is NC(=O)C1CCN(CC(=O)Nc2ccc(Br)cc2F)CC1. The van der Waals surface area contributed by atoms with Crippen molar-refractivity contribution < 1.29 is 14.0 Å². The number of anilines is 1. The molecule has 0 unspecified atom stereocenters. The number of likely N-dealkylation sites (tertiary alicyclic amines) is 1. The number of benzene rings is 1. The number of hydrogen-bond donors (Lipinski definition) is 2. The number of amides is 2. The Morgan fingerprint density at radius 3 is 2.62 bits per heavy atom. The third kappa shape index (κ3) is 4.50. The van der Waals surface area contributed by atoms with Gasteiger partial charge in [0.05, 0.1) is 12.2 Å². The quantitative estimate of drug-likeness (QED) is 0.861. The lowest BCUT2D eigenvalue weighted by Gasteiger charge is -2.29. The van der Waals surface area contributed by atoms with Gasteiger partial charge in [0.1, 0.15) is 5.82 Å². The number of hydrogen-bond acceptors (Lipinski definition) is 3. The molecule has 0 radical (unpaired) electrons. The number of carbonyl (C=O) groups is 2. The molecule has 7 heteroatoms. The third-order valence-electron chi connectivity index (χ3n) is 3.56. The molecule has 2 rings (SSSR count). The predicted molar refractivity (Wildman–Crippen MR) is 81.1 cm³/mol. The first-order valence-corrected chi connectivity index (χ1v) is 7.51. The van der Waals surface area contributed by atoms with Gasteiger partial charge in [0, 0.05) is 10.4 Å². The largest absolute Gasteiger partial charge is 0.369 e. The number of rotatable bonds is 4. The predicted octanol–water partition coefficient (Wildman–Crippen LogP) is 1.72. The van der Waals surface area contributed by atoms with Crippen LogP contribution in [0.5, 0.6) is 0 Å². The maximum absolute atomic E-state index is 13.6. The molecule has 0 aromatic heterocycles. The van der Waals surface area contributed by atoms with Gasteiger partial charge in [-0.25, -0.2) is 4.39 Å². The van der Waals surface area contributed by atoms with Gasteiger partial charge in [-0.15, -0.1) is 0 Å². The molecule has 1 aliphatic heterocycles. The summed E-state index contributed by atoms with van der Waals surface area (Å²) in [4.78, 5) is 24.9. The van der Waals surface area contributed by atoms with Crippen LogP contribution in [0.2, 0.25) is 0 Å². The smallest absolute Gasteiger partial charge is 0.238 e. The summed E-state index contributed by atoms with van der Waals surface area (Å²) in [5, 5.41) is 2.55. The van der Waals surface area contributed by atoms with Crippen molar-refractivity contribution in [1.29, 1.82) is 0 Å². The lowest BCUT2D eigenvalue weighted by atomic mass is 9.96. The van der Waals surface area contributed by atoms with Gasteiger partial charge in [-0.3, -0.25) is 14.5 Å². The average molecular weight is 358 g/mol. The van der Waals surface area contributed by atoms with Gasteiger partial charge in [0.25, 0.3) is 0 Å². The van der Waals surface area contributed by atoms with Gasteiger partial charge in [-0.05, 0) is 44.1 Å². The lowest BCUT2D eigenvalue weighted by Crippen LogP contribution is -2.42. The van der Waals surface area contributed by atoms with Gasteiger partial charge >= 0.3 is 0 Å². The fourth-order valence-corrected chi connectivity index (χ4v) is 2.69. The summed E-state index contributed by atoms with van der Waals surface area (Å²) < 4.78 is 14.2. The van der Waals surface area contributed by atoms with E-state index in [0.29, 0.717) is 30.4 Å². The van der Waals surface area contributed by atoms with E-state index in [9.17, 15) is 14.0 Å². The van der Waals surface area contributed by atoms with E-state index < -0.39 is 5.82 Å². The van der Waals surface area contributed by atoms with E-state index in [-0.39, 0.29) is 30.0 Å². The Balaban J connectivity index is 1.84. The Kier molecular flexibility index (Phi) is 5.30. The van der Waals surface area contributed by atoms with Gasteiger partial charge in [-0.1, -0.05) is 15.9 Å². The molecule has 0 bridgehead atoms. The zero-order valence-electron chi connectivity index (χ0n) is 11.4. The van der Waals surface area contributed by atoms with Crippen molar-refractivity contribution in [1.82, 2.24) is 4.90 Å². The van der Waals surface area contributed by atoms with Crippen molar-refractivity contribution in [3.63, 3.8) is 0 Å². The fraction of sp³-hybridized carbons (Fsp3) is 0.429. The summed E-state index contributed by atoms with van der Waals surface area (Å²) in [5.41, 5.74) is 5.42. The van der Waals surface area contributed by atoms with Crippen LogP contribution in [0, 0.1) is 11.7 Å². The Morgan fingerprint density at radius 2 is 2.05 bits per heavy atom. The van der Waals surface area contributed by atoms with Crippen molar-refractivity contribution in [2.45, 2.75) is 12.8 Å². The molecule has 1 fully saturated rings. The van der Waals surface area contributed by atoms with E-state index in [2.05, 4.69) is 21.2 Å². The average Bonchev–Trinajstić information content (AvgIpc) is 2.42. The number of carbonyl (C=O) groups excluding carboxylic acids is 2. The topological polar surface area (TPSA) is 75.4 Å². The Bertz CT molecular complexity index is 545. The van der Waals surface area contributed by atoms with E-state index in [1.807, 2.05) is 4.90 Å². The lowest BCUT2D eigenvalue weighted by molar-refractivity contribution is -0.123. The molecule has 1 aromatic rings. The van der Waals surface area contributed by atoms with E-state index in [0.717, 1.165) is 0 Å². The Hall–Kier alpha value is -1.47. The number of piperidine rings is 1. The van der Waals surface area contributed by atoms with Crippen molar-refractivity contribution in [3.05, 3.63) is 28.5 Å². The molecule has 1 aromatic carbocycles. The standard InChI is InChI=1S/C14H17BrFN3O2/c15-10-1-2-12(11(16)7-10)18-13(20)8-19-5-3-9(4-6-19)14(17)21/h1-2,7,9H,3-6,8H2,(H2,17,21)(H,18,20). The van der Waals surface area contributed by atoms with Crippen molar-refractivity contribution in [2.75, 3.05) is 25.0 Å². The molecule has 21 heavy (non-hydrogen) atoms. The minimum Gasteiger partial charge on any atom is -0.369 e. The summed E-state index contributed by atoms with van der Waals surface area (Å²) in [6.45, 7) is 1.47. The molecule has 3 N–H and O–H groups in total. The number of nitrogens with one attached hydrogen (secondary N) is 1. The van der Waals surface area contributed by atoms with E-state index >= 15 is 0 Å². The van der Waals surface area contributed by atoms with Crippen LogP contribution in [0.1, 0.15) is 12.8 Å². The van der Waals surface area contributed by atoms with E-state index in [1.165, 1.54) is 12.1 Å². The normalized spacial score (nSPS) is 16.7. The van der Waals surface area contributed by atoms with Crippen molar-refractivity contribution in [2.24, 2.45) is 11.7 Å². The van der Waals surface area contributed by atoms with Crippen LogP contribution in [-0.2, 0) is 9.59 Å². The van der Waals surface area contributed by atoms with Gasteiger partial charge in [0.15, 0.2) is 0 Å². The van der Waals surface area contributed by atoms with Crippen LogP contribution in [0.3, 0.4) is 0 Å². The van der Waals surface area contributed by atoms with Gasteiger partial charge < -0.3 is 11.1 Å². The van der Waals surface area contributed by atoms with Crippen molar-refractivity contribution in [3.8, 4) is 0 Å². The highest BCUT2D eigenvalue weighted by Gasteiger charge is 2.24. The second-order valence-electron chi connectivity index (χ2n) is 5.13. The molecule has 0 atom stereocenters. The molecule has 0 aliphatic carbocycles. The molecule has 1 heterocycles. The summed E-state index contributed by atoms with van der Waals surface area (Å²) in [6, 6.07) is 4.47. The summed E-state index contributed by atoms with van der Waals surface area (Å²) >= 11 is 3.16. The van der Waals surface area contributed by atoms with Gasteiger partial charge in [-0.2, -0.15) is 0 Å². The van der Waals surface area contributed by atoms with Crippen LogP contribution in [0.15, 0.2) is 22.7 Å². The van der Waals surface area contributed by atoms with Crippen molar-refractivity contribution >= 4 is 33.4 Å². The maximum Gasteiger partial charge on any atom is 0.238 e. The maximum atomic E-state index is 13.6. The molecule has 5 nitrogen and oxygen atoms in total. The number of halogens is 2. The number of primary amides is 1. The van der Waals surface area contributed by atoms with Crippen LogP contribution in [0.25, 0.3) is 0 Å². The first kappa shape index (κ1) is 15.9. The zero-order chi connectivity index (χ0) is 15.4. The Morgan fingerprint density at radius 1 is 1.38 bits per heavy atom. The van der Waals surface area contributed by atoms with E-state index in [4.69, 9.17) is 5.73 Å². The van der Waals surface area contributed by atoms with Crippen LogP contribution in [-0.4, -0.2) is 36.3 Å². The molecule has 0 saturated carbocycles. The molecular weight excluding hydrogens is 341 g/mol. The summed E-state index contributed by atoms with van der Waals surface area (Å²) in [7, 11) is 0. The molecular formula is C14H17BrFN3O2. The zero-order valence-corrected chi connectivity index (χ0v) is 13.0. The number of nitrogens with two attached hydrogens (primary N) is 1.